The number of hydrogen-bond acceptors (Lipinski definition) is 5. The summed E-state index contributed by atoms with van der Waals surface area (Å²) in [5.74, 6) is -1.21. The molecule has 0 aromatic carbocycles. The SMILES string of the molecule is CCOC(=O)C[C@H](CC)C(=O)N1C[C@H]2[C@H]([C@H]3C=C[C@@H]2C3)S1(=O)=O. The predicted octanol–water partition coefficient (Wildman–Crippen LogP) is 1.33. The van der Waals surface area contributed by atoms with Crippen LogP contribution >= 0.6 is 0 Å². The van der Waals surface area contributed by atoms with Crippen molar-refractivity contribution in [3.05, 3.63) is 12.2 Å². The van der Waals surface area contributed by atoms with Crippen LogP contribution in [0.1, 0.15) is 33.1 Å². The second-order valence-electron chi connectivity index (χ2n) is 6.61. The molecule has 1 saturated carbocycles. The molecular weight excluding hydrogens is 318 g/mol. The molecule has 2 aliphatic carbocycles. The first kappa shape index (κ1) is 16.5. The summed E-state index contributed by atoms with van der Waals surface area (Å²) in [4.78, 5) is 24.4. The van der Waals surface area contributed by atoms with E-state index in [0.29, 0.717) is 6.42 Å². The molecule has 1 saturated heterocycles. The Bertz CT molecular complexity index is 641. The quantitative estimate of drug-likeness (QED) is 0.557. The van der Waals surface area contributed by atoms with Gasteiger partial charge in [0.2, 0.25) is 15.9 Å². The summed E-state index contributed by atoms with van der Waals surface area (Å²) in [6.45, 7) is 4.01. The van der Waals surface area contributed by atoms with E-state index in [1.165, 1.54) is 0 Å². The van der Waals surface area contributed by atoms with Crippen LogP contribution in [0.15, 0.2) is 12.2 Å². The molecule has 128 valence electrons. The molecule has 0 spiro atoms. The largest absolute Gasteiger partial charge is 0.466 e. The van der Waals surface area contributed by atoms with Gasteiger partial charge >= 0.3 is 5.97 Å². The van der Waals surface area contributed by atoms with Gasteiger partial charge in [-0.15, -0.1) is 0 Å². The Kier molecular flexibility index (Phi) is 4.25. The number of allylic oxidation sites excluding steroid dienone is 2. The lowest BCUT2D eigenvalue weighted by Crippen LogP contribution is -2.40. The predicted molar refractivity (Wildman–Crippen MR) is 83.7 cm³/mol. The Labute approximate surface area is 136 Å². The van der Waals surface area contributed by atoms with E-state index < -0.39 is 33.1 Å². The van der Waals surface area contributed by atoms with Gasteiger partial charge in [-0.25, -0.2) is 12.7 Å². The normalized spacial score (nSPS) is 34.4. The molecule has 5 atom stereocenters. The van der Waals surface area contributed by atoms with Crippen molar-refractivity contribution in [2.24, 2.45) is 23.7 Å². The molecular formula is C16H23NO5S. The standard InChI is InChI=1S/C16H23NO5S/c1-3-10(8-14(18)22-4-2)16(19)17-9-13-11-5-6-12(7-11)15(13)23(17,20)21/h5-6,10-13,15H,3-4,7-9H2,1-2H3/t10-,11+,12-,13+,15-/m0/s1. The zero-order valence-electron chi connectivity index (χ0n) is 13.5. The number of sulfonamides is 1. The van der Waals surface area contributed by atoms with E-state index in [1.807, 2.05) is 6.08 Å². The van der Waals surface area contributed by atoms with Gasteiger partial charge in [-0.2, -0.15) is 0 Å². The number of esters is 1. The van der Waals surface area contributed by atoms with Gasteiger partial charge in [0.05, 0.1) is 18.3 Å². The Hall–Kier alpha value is -1.37. The molecule has 23 heavy (non-hydrogen) atoms. The summed E-state index contributed by atoms with van der Waals surface area (Å²) < 4.78 is 31.5. The molecule has 0 N–H and O–H groups in total. The second kappa shape index (κ2) is 5.92. The minimum atomic E-state index is -3.62. The van der Waals surface area contributed by atoms with E-state index in [9.17, 15) is 18.0 Å². The van der Waals surface area contributed by atoms with Crippen molar-refractivity contribution in [3.8, 4) is 0 Å². The van der Waals surface area contributed by atoms with Crippen LogP contribution in [-0.4, -0.2) is 43.0 Å². The maximum Gasteiger partial charge on any atom is 0.306 e. The van der Waals surface area contributed by atoms with Gasteiger partial charge in [-0.05, 0) is 31.6 Å². The van der Waals surface area contributed by atoms with Crippen molar-refractivity contribution in [1.82, 2.24) is 4.31 Å². The lowest BCUT2D eigenvalue weighted by Gasteiger charge is -2.23. The van der Waals surface area contributed by atoms with Gasteiger partial charge in [0.15, 0.2) is 0 Å². The molecule has 0 unspecified atom stereocenters. The van der Waals surface area contributed by atoms with Crippen LogP contribution in [0.2, 0.25) is 0 Å². The highest BCUT2D eigenvalue weighted by atomic mass is 32.2. The Morgan fingerprint density at radius 2 is 1.96 bits per heavy atom. The third kappa shape index (κ3) is 2.58. The van der Waals surface area contributed by atoms with Gasteiger partial charge in [0, 0.05) is 18.4 Å². The molecule has 0 aromatic rings. The third-order valence-electron chi connectivity index (χ3n) is 5.38. The number of nitrogens with zero attached hydrogens (tertiary/aromatic N) is 1. The highest BCUT2D eigenvalue weighted by Crippen LogP contribution is 2.51. The molecule has 1 aliphatic heterocycles. The zero-order chi connectivity index (χ0) is 16.8. The minimum absolute atomic E-state index is 0.0130. The van der Waals surface area contributed by atoms with Crippen molar-refractivity contribution < 1.29 is 22.7 Å². The molecule has 0 radical (unpaired) electrons. The van der Waals surface area contributed by atoms with Crippen molar-refractivity contribution in [2.75, 3.05) is 13.2 Å². The number of fused-ring (bicyclic) bond motifs is 5. The molecule has 2 fully saturated rings. The van der Waals surface area contributed by atoms with Gasteiger partial charge in [0.25, 0.3) is 0 Å². The van der Waals surface area contributed by atoms with E-state index in [0.717, 1.165) is 10.7 Å². The smallest absolute Gasteiger partial charge is 0.306 e. The van der Waals surface area contributed by atoms with Gasteiger partial charge < -0.3 is 4.74 Å². The number of carbonyl (C=O) groups is 2. The molecule has 0 aromatic heterocycles. The highest BCUT2D eigenvalue weighted by Gasteiger charge is 2.59. The van der Waals surface area contributed by atoms with Crippen LogP contribution in [0.4, 0.5) is 0 Å². The van der Waals surface area contributed by atoms with E-state index in [4.69, 9.17) is 4.74 Å². The van der Waals surface area contributed by atoms with Gasteiger partial charge in [-0.3, -0.25) is 9.59 Å². The summed E-state index contributed by atoms with van der Waals surface area (Å²) >= 11 is 0. The van der Waals surface area contributed by atoms with Crippen LogP contribution in [0.5, 0.6) is 0 Å². The first-order valence-electron chi connectivity index (χ1n) is 8.29. The number of rotatable bonds is 5. The first-order chi connectivity index (χ1) is 10.9. The van der Waals surface area contributed by atoms with Crippen molar-refractivity contribution in [1.29, 1.82) is 0 Å². The second-order valence-corrected chi connectivity index (χ2v) is 8.62. The summed E-state index contributed by atoms with van der Waals surface area (Å²) in [5, 5.41) is -0.457. The highest BCUT2D eigenvalue weighted by molar-refractivity contribution is 7.90. The molecule has 3 rings (SSSR count). The van der Waals surface area contributed by atoms with Crippen LogP contribution in [0.25, 0.3) is 0 Å². The molecule has 1 amide bonds. The van der Waals surface area contributed by atoms with Crippen LogP contribution in [0.3, 0.4) is 0 Å². The fraction of sp³-hybridized carbons (Fsp3) is 0.750. The first-order valence-corrected chi connectivity index (χ1v) is 9.79. The number of amides is 1. The molecule has 3 aliphatic rings. The number of carbonyl (C=O) groups excluding carboxylic acids is 2. The molecule has 1 heterocycles. The fourth-order valence-electron chi connectivity index (χ4n) is 4.25. The molecule has 2 bridgehead atoms. The van der Waals surface area contributed by atoms with E-state index in [-0.39, 0.29) is 37.3 Å². The van der Waals surface area contributed by atoms with Crippen molar-refractivity contribution in [2.45, 2.75) is 38.4 Å². The molecule has 6 nitrogen and oxygen atoms in total. The minimum Gasteiger partial charge on any atom is -0.466 e. The number of ether oxygens (including phenoxy) is 1. The average Bonchev–Trinajstić information content (AvgIpc) is 3.16. The lowest BCUT2D eigenvalue weighted by molar-refractivity contribution is -0.147. The number of hydrogen-bond donors (Lipinski definition) is 0. The van der Waals surface area contributed by atoms with Crippen LogP contribution in [0, 0.1) is 23.7 Å². The maximum absolute atomic E-state index is 12.8. The van der Waals surface area contributed by atoms with Gasteiger partial charge in [0.1, 0.15) is 0 Å². The summed E-state index contributed by atoms with van der Waals surface area (Å²) in [7, 11) is -3.62. The van der Waals surface area contributed by atoms with E-state index >= 15 is 0 Å². The van der Waals surface area contributed by atoms with E-state index in [1.54, 1.807) is 13.8 Å². The lowest BCUT2D eigenvalue weighted by atomic mass is 9.93. The van der Waals surface area contributed by atoms with Gasteiger partial charge in [-0.1, -0.05) is 19.1 Å². The van der Waals surface area contributed by atoms with Crippen LogP contribution < -0.4 is 0 Å². The average molecular weight is 341 g/mol. The Morgan fingerprint density at radius 3 is 2.57 bits per heavy atom. The monoisotopic (exact) mass is 341 g/mol. The zero-order valence-corrected chi connectivity index (χ0v) is 14.3. The summed E-state index contributed by atoms with van der Waals surface area (Å²) in [6, 6.07) is 0. The maximum atomic E-state index is 12.8. The topological polar surface area (TPSA) is 80.8 Å². The Balaban J connectivity index is 1.76. The summed E-state index contributed by atoms with van der Waals surface area (Å²) in [5.41, 5.74) is 0. The Morgan fingerprint density at radius 1 is 1.26 bits per heavy atom. The fourth-order valence-corrected chi connectivity index (χ4v) is 6.70. The van der Waals surface area contributed by atoms with Crippen molar-refractivity contribution in [3.63, 3.8) is 0 Å². The summed E-state index contributed by atoms with van der Waals surface area (Å²) in [6.07, 6.45) is 5.31. The van der Waals surface area contributed by atoms with Crippen LogP contribution in [-0.2, 0) is 24.3 Å². The third-order valence-corrected chi connectivity index (χ3v) is 7.71. The van der Waals surface area contributed by atoms with E-state index in [2.05, 4.69) is 6.08 Å². The van der Waals surface area contributed by atoms with Crippen molar-refractivity contribution >= 4 is 21.9 Å². The molecule has 7 heteroatoms.